The van der Waals surface area contributed by atoms with Crippen molar-refractivity contribution in [2.24, 2.45) is 0 Å². The Morgan fingerprint density at radius 2 is 1.85 bits per heavy atom. The van der Waals surface area contributed by atoms with Gasteiger partial charge in [-0.1, -0.05) is 41.4 Å². The second-order valence-corrected chi connectivity index (χ2v) is 8.04. The monoisotopic (exact) mass is 447 g/mol. The lowest BCUT2D eigenvalue weighted by Gasteiger charge is -2.27. The summed E-state index contributed by atoms with van der Waals surface area (Å²) in [5, 5.41) is 2.11. The third-order valence-electron chi connectivity index (χ3n) is 3.25. The molecule has 0 radical (unpaired) electrons. The van der Waals surface area contributed by atoms with Gasteiger partial charge in [-0.05, 0) is 13.0 Å². The Hall–Kier alpha value is -1.65. The highest BCUT2D eigenvalue weighted by Crippen LogP contribution is 2.30. The molecule has 0 spiro atoms. The van der Waals surface area contributed by atoms with Gasteiger partial charge in [0, 0.05) is 5.56 Å². The van der Waals surface area contributed by atoms with E-state index in [0.717, 1.165) is 6.07 Å². The summed E-state index contributed by atoms with van der Waals surface area (Å²) in [4.78, 5) is 21.4. The minimum absolute atomic E-state index is 0.0753. The van der Waals surface area contributed by atoms with E-state index in [1.54, 1.807) is 0 Å². The Morgan fingerprint density at radius 3 is 2.37 bits per heavy atom. The predicted octanol–water partition coefficient (Wildman–Crippen LogP) is 2.86. The van der Waals surface area contributed by atoms with Crippen molar-refractivity contribution in [1.82, 2.24) is 5.32 Å². The van der Waals surface area contributed by atoms with Crippen molar-refractivity contribution in [1.29, 1.82) is 0 Å². The quantitative estimate of drug-likeness (QED) is 0.461. The molecule has 0 aromatic heterocycles. The number of ether oxygens (including phenoxy) is 2. The Labute approximate surface area is 164 Å². The van der Waals surface area contributed by atoms with Crippen LogP contribution in [0.5, 0.6) is 0 Å². The Balaban J connectivity index is 3.42. The molecule has 0 fully saturated rings. The van der Waals surface area contributed by atoms with Crippen molar-refractivity contribution >= 4 is 45.1 Å². The van der Waals surface area contributed by atoms with E-state index in [1.807, 2.05) is 0 Å². The van der Waals surface area contributed by atoms with Gasteiger partial charge in [-0.25, -0.2) is 22.0 Å². The smallest absolute Gasteiger partial charge is 0.435 e. The van der Waals surface area contributed by atoms with Gasteiger partial charge in [0.15, 0.2) is 16.9 Å². The summed E-state index contributed by atoms with van der Waals surface area (Å²) in [5.74, 6) is -0.996. The van der Waals surface area contributed by atoms with E-state index in [2.05, 4.69) is 10.1 Å². The first-order valence-corrected chi connectivity index (χ1v) is 10.1. The van der Waals surface area contributed by atoms with Crippen molar-refractivity contribution in [3.63, 3.8) is 0 Å². The lowest BCUT2D eigenvalue weighted by Crippen LogP contribution is -2.44. The van der Waals surface area contributed by atoms with Gasteiger partial charge in [0.05, 0.1) is 17.5 Å². The van der Waals surface area contributed by atoms with Crippen molar-refractivity contribution in [2.45, 2.75) is 28.8 Å². The Morgan fingerprint density at radius 1 is 1.22 bits per heavy atom. The summed E-state index contributed by atoms with van der Waals surface area (Å²) in [6.45, 7) is 0.131. The molecule has 12 heteroatoms. The van der Waals surface area contributed by atoms with Gasteiger partial charge >= 0.3 is 6.16 Å². The number of amides is 1. The number of hydrogen-bond acceptors (Lipinski definition) is 6. The maximum Gasteiger partial charge on any atom is 0.508 e. The molecule has 7 nitrogen and oxygen atoms in total. The largest absolute Gasteiger partial charge is 0.508 e. The second kappa shape index (κ2) is 10.6. The number of alkyl halides is 4. The highest BCUT2D eigenvalue weighted by Gasteiger charge is 2.34. The van der Waals surface area contributed by atoms with Crippen LogP contribution in [0.2, 0.25) is 0 Å². The molecular weight excluding hydrogens is 431 g/mol. The number of rotatable bonds is 9. The Kier molecular flexibility index (Phi) is 9.20. The Bertz CT molecular complexity index is 762. The number of carbonyl (C=O) groups excluding carboxylic acids is 2. The molecule has 0 aliphatic carbocycles. The fraction of sp³-hybridized carbons (Fsp3) is 0.467. The summed E-state index contributed by atoms with van der Waals surface area (Å²) in [6.07, 6.45) is -2.89. The number of hydrogen-bond donors (Lipinski definition) is 1. The molecule has 0 heterocycles. The first-order valence-electron chi connectivity index (χ1n) is 7.53. The normalized spacial score (nSPS) is 13.7. The van der Waals surface area contributed by atoms with E-state index in [0.29, 0.717) is 0 Å². The van der Waals surface area contributed by atoms with Crippen molar-refractivity contribution in [3.05, 3.63) is 29.8 Å². The highest BCUT2D eigenvalue weighted by molar-refractivity contribution is 7.91. The molecule has 0 aliphatic rings. The maximum atomic E-state index is 13.6. The van der Waals surface area contributed by atoms with Gasteiger partial charge in [-0.15, -0.1) is 0 Å². The zero-order chi connectivity index (χ0) is 20.6. The lowest BCUT2D eigenvalue weighted by molar-refractivity contribution is -0.121. The number of halogens is 4. The lowest BCUT2D eigenvalue weighted by atomic mass is 10.0. The van der Waals surface area contributed by atoms with Gasteiger partial charge in [-0.2, -0.15) is 0 Å². The van der Waals surface area contributed by atoms with Crippen LogP contribution in [0.25, 0.3) is 0 Å². The van der Waals surface area contributed by atoms with Crippen LogP contribution in [0.4, 0.5) is 13.6 Å². The minimum Gasteiger partial charge on any atom is -0.435 e. The molecule has 0 unspecified atom stereocenters. The zero-order valence-corrected chi connectivity index (χ0v) is 16.4. The number of sulfone groups is 1. The summed E-state index contributed by atoms with van der Waals surface area (Å²) >= 11 is 10.8. The highest BCUT2D eigenvalue weighted by atomic mass is 35.5. The van der Waals surface area contributed by atoms with Crippen molar-refractivity contribution in [3.8, 4) is 0 Å². The summed E-state index contributed by atoms with van der Waals surface area (Å²) in [5.41, 5.74) is -0.244. The van der Waals surface area contributed by atoms with E-state index in [-0.39, 0.29) is 12.2 Å². The van der Waals surface area contributed by atoms with Crippen LogP contribution in [-0.2, 0) is 24.1 Å². The number of benzene rings is 1. The molecular formula is C15H17Cl2F2NO6S. The molecule has 27 heavy (non-hydrogen) atoms. The summed E-state index contributed by atoms with van der Waals surface area (Å²) < 4.78 is 60.2. The van der Waals surface area contributed by atoms with Crippen LogP contribution in [0.1, 0.15) is 18.6 Å². The zero-order valence-electron chi connectivity index (χ0n) is 14.0. The predicted molar refractivity (Wildman–Crippen MR) is 93.9 cm³/mol. The van der Waals surface area contributed by atoms with Gasteiger partial charge in [0.1, 0.15) is 6.67 Å². The van der Waals surface area contributed by atoms with Gasteiger partial charge in [0.25, 0.3) is 5.91 Å². The molecule has 1 aromatic rings. The summed E-state index contributed by atoms with van der Waals surface area (Å²) in [7, 11) is -4.39. The average molecular weight is 448 g/mol. The van der Waals surface area contributed by atoms with Crippen LogP contribution in [0.15, 0.2) is 29.2 Å². The van der Waals surface area contributed by atoms with Gasteiger partial charge in [-0.3, -0.25) is 4.79 Å². The number of nitrogens with one attached hydrogen (secondary N) is 1. The third-order valence-corrected chi connectivity index (χ3v) is 4.97. The summed E-state index contributed by atoms with van der Waals surface area (Å²) in [6, 6.07) is 1.66. The fourth-order valence-electron chi connectivity index (χ4n) is 2.12. The standard InChI is InChI=1S/C15H17Cl2F2NO6S/c1-2-25-15(22)26-12(10(7-18)20-14(21)13(16)17)9-5-3-4-6-11(9)27(23,24)8-19/h3-6,10,12-13H,2,7-8H2,1H3,(H,20,21)/t10-,12-/m1/s1. The molecule has 1 amide bonds. The van der Waals surface area contributed by atoms with Gasteiger partial charge < -0.3 is 14.8 Å². The third kappa shape index (κ3) is 6.47. The molecule has 2 atom stereocenters. The maximum absolute atomic E-state index is 13.6. The van der Waals surface area contributed by atoms with E-state index >= 15 is 0 Å². The van der Waals surface area contributed by atoms with Crippen LogP contribution in [0, 0.1) is 0 Å². The van der Waals surface area contributed by atoms with E-state index in [1.165, 1.54) is 25.1 Å². The van der Waals surface area contributed by atoms with E-state index < -0.39 is 56.5 Å². The molecule has 1 rings (SSSR count). The molecule has 152 valence electrons. The van der Waals surface area contributed by atoms with Crippen molar-refractivity contribution in [2.75, 3.05) is 19.3 Å². The van der Waals surface area contributed by atoms with Crippen LogP contribution in [-0.4, -0.2) is 50.6 Å². The number of carbonyl (C=O) groups is 2. The molecule has 1 N–H and O–H groups in total. The topological polar surface area (TPSA) is 98.8 Å². The van der Waals surface area contributed by atoms with Crippen molar-refractivity contribution < 1.29 is 36.3 Å². The first kappa shape index (κ1) is 23.4. The molecule has 0 bridgehead atoms. The minimum atomic E-state index is -4.39. The molecule has 1 aromatic carbocycles. The van der Waals surface area contributed by atoms with Crippen LogP contribution >= 0.6 is 23.2 Å². The molecule has 0 saturated heterocycles. The second-order valence-electron chi connectivity index (χ2n) is 5.05. The average Bonchev–Trinajstić information content (AvgIpc) is 2.64. The van der Waals surface area contributed by atoms with E-state index in [9.17, 15) is 26.8 Å². The first-order chi connectivity index (χ1) is 12.7. The van der Waals surface area contributed by atoms with E-state index in [4.69, 9.17) is 27.9 Å². The van der Waals surface area contributed by atoms with Crippen LogP contribution < -0.4 is 5.32 Å². The van der Waals surface area contributed by atoms with Crippen LogP contribution in [0.3, 0.4) is 0 Å². The fourth-order valence-corrected chi connectivity index (χ4v) is 3.19. The molecule has 0 aliphatic heterocycles. The van der Waals surface area contributed by atoms with Gasteiger partial charge in [0.2, 0.25) is 9.84 Å². The SMILES string of the molecule is CCOC(=O)O[C@H](c1ccccc1S(=O)(=O)CF)[C@@H](CF)NC(=O)C(Cl)Cl. The molecule has 0 saturated carbocycles.